The molecule has 1 aromatic carbocycles. The number of aromatic nitrogens is 2. The van der Waals surface area contributed by atoms with Gasteiger partial charge in [-0.1, -0.05) is 18.0 Å². The fraction of sp³-hybridized carbons (Fsp3) is 0.438. The lowest BCUT2D eigenvalue weighted by molar-refractivity contribution is 0.0838. The third-order valence-electron chi connectivity index (χ3n) is 4.16. The van der Waals surface area contributed by atoms with Gasteiger partial charge in [-0.05, 0) is 44.0 Å². The van der Waals surface area contributed by atoms with Gasteiger partial charge in [-0.3, -0.25) is 4.79 Å². The first-order valence-electron chi connectivity index (χ1n) is 7.46. The molecule has 6 nitrogen and oxygen atoms in total. The normalized spacial score (nSPS) is 16.6. The second kappa shape index (κ2) is 5.88. The fourth-order valence-corrected chi connectivity index (χ4v) is 2.87. The Bertz CT molecular complexity index is 658. The number of aliphatic hydroxyl groups excluding tert-OH is 1. The van der Waals surface area contributed by atoms with Gasteiger partial charge in [0.2, 0.25) is 0 Å². The highest BCUT2D eigenvalue weighted by Crippen LogP contribution is 2.29. The van der Waals surface area contributed by atoms with Gasteiger partial charge in [0, 0.05) is 11.1 Å². The van der Waals surface area contributed by atoms with E-state index in [0.717, 1.165) is 31.2 Å². The van der Waals surface area contributed by atoms with Crippen LogP contribution < -0.4 is 5.32 Å². The Morgan fingerprint density at radius 1 is 1.32 bits per heavy atom. The molecular formula is C16H19N3O3. The summed E-state index contributed by atoms with van der Waals surface area (Å²) in [5, 5.41) is 16.3. The van der Waals surface area contributed by atoms with E-state index in [1.165, 1.54) is 0 Å². The zero-order chi connectivity index (χ0) is 15.6. The summed E-state index contributed by atoms with van der Waals surface area (Å²) in [5.74, 6) is 0.847. The Morgan fingerprint density at radius 3 is 2.55 bits per heavy atom. The molecule has 0 radical (unpaired) electrons. The molecule has 6 heteroatoms. The van der Waals surface area contributed by atoms with Crippen LogP contribution in [0.15, 0.2) is 28.8 Å². The number of hydrogen-bond donors (Lipinski definition) is 2. The Hall–Kier alpha value is -2.21. The van der Waals surface area contributed by atoms with Crippen LogP contribution >= 0.6 is 0 Å². The standard InChI is InChI=1S/C16H19N3O3/c1-11-17-15(22-19-11)13-6-4-12(5-7-13)14(21)18-16(10-20)8-2-3-9-16/h4-7,20H,2-3,8-10H2,1H3,(H,18,21). The predicted octanol–water partition coefficient (Wildman–Crippen LogP) is 2.08. The highest BCUT2D eigenvalue weighted by molar-refractivity contribution is 5.95. The lowest BCUT2D eigenvalue weighted by Gasteiger charge is -2.28. The summed E-state index contributed by atoms with van der Waals surface area (Å²) in [6.07, 6.45) is 3.73. The molecule has 1 heterocycles. The number of aliphatic hydroxyl groups is 1. The minimum atomic E-state index is -0.459. The smallest absolute Gasteiger partial charge is 0.257 e. The van der Waals surface area contributed by atoms with Gasteiger partial charge in [0.15, 0.2) is 5.82 Å². The van der Waals surface area contributed by atoms with Crippen LogP contribution in [0.5, 0.6) is 0 Å². The van der Waals surface area contributed by atoms with Crippen molar-refractivity contribution in [2.45, 2.75) is 38.1 Å². The number of carbonyl (C=O) groups excluding carboxylic acids is 1. The van der Waals surface area contributed by atoms with Crippen molar-refractivity contribution in [1.29, 1.82) is 0 Å². The van der Waals surface area contributed by atoms with Gasteiger partial charge in [-0.15, -0.1) is 0 Å². The number of nitrogens with zero attached hydrogens (tertiary/aromatic N) is 2. The van der Waals surface area contributed by atoms with E-state index in [0.29, 0.717) is 17.3 Å². The van der Waals surface area contributed by atoms with E-state index >= 15 is 0 Å². The molecule has 22 heavy (non-hydrogen) atoms. The molecule has 1 aliphatic rings. The first-order valence-corrected chi connectivity index (χ1v) is 7.46. The molecule has 2 aromatic rings. The topological polar surface area (TPSA) is 88.2 Å². The van der Waals surface area contributed by atoms with Gasteiger partial charge in [0.1, 0.15) is 0 Å². The summed E-state index contributed by atoms with van der Waals surface area (Å²) >= 11 is 0. The minimum Gasteiger partial charge on any atom is -0.394 e. The lowest BCUT2D eigenvalue weighted by Crippen LogP contribution is -2.49. The van der Waals surface area contributed by atoms with Crippen LogP contribution in [0.25, 0.3) is 11.5 Å². The van der Waals surface area contributed by atoms with E-state index in [1.54, 1.807) is 31.2 Å². The Balaban J connectivity index is 1.73. The molecule has 1 saturated carbocycles. The van der Waals surface area contributed by atoms with Crippen molar-refractivity contribution in [2.75, 3.05) is 6.61 Å². The second-order valence-electron chi connectivity index (χ2n) is 5.82. The molecule has 2 N–H and O–H groups in total. The van der Waals surface area contributed by atoms with E-state index in [9.17, 15) is 9.90 Å². The van der Waals surface area contributed by atoms with Crippen molar-refractivity contribution in [3.05, 3.63) is 35.7 Å². The lowest BCUT2D eigenvalue weighted by atomic mass is 9.98. The van der Waals surface area contributed by atoms with Gasteiger partial charge in [0.05, 0.1) is 12.1 Å². The maximum atomic E-state index is 12.3. The first-order chi connectivity index (χ1) is 10.6. The summed E-state index contributed by atoms with van der Waals surface area (Å²) in [4.78, 5) is 16.5. The van der Waals surface area contributed by atoms with Crippen LogP contribution in [0.4, 0.5) is 0 Å². The molecule has 0 spiro atoms. The maximum Gasteiger partial charge on any atom is 0.257 e. The molecule has 1 fully saturated rings. The Kier molecular flexibility index (Phi) is 3.94. The molecule has 0 saturated heterocycles. The van der Waals surface area contributed by atoms with Crippen LogP contribution in [-0.2, 0) is 0 Å². The number of rotatable bonds is 4. The summed E-state index contributed by atoms with van der Waals surface area (Å²) in [7, 11) is 0. The molecule has 1 amide bonds. The van der Waals surface area contributed by atoms with Crippen LogP contribution in [0.2, 0.25) is 0 Å². The summed E-state index contributed by atoms with van der Waals surface area (Å²) in [6.45, 7) is 1.74. The van der Waals surface area contributed by atoms with Crippen molar-refractivity contribution >= 4 is 5.91 Å². The van der Waals surface area contributed by atoms with Gasteiger partial charge in [-0.2, -0.15) is 4.98 Å². The van der Waals surface area contributed by atoms with Crippen LogP contribution in [-0.4, -0.2) is 33.3 Å². The maximum absolute atomic E-state index is 12.3. The third kappa shape index (κ3) is 2.87. The summed E-state index contributed by atoms with van der Waals surface area (Å²) in [6, 6.07) is 7.01. The molecule has 0 aliphatic heterocycles. The number of amides is 1. The average Bonchev–Trinajstić information content (AvgIpc) is 3.17. The van der Waals surface area contributed by atoms with Crippen molar-refractivity contribution in [3.63, 3.8) is 0 Å². The van der Waals surface area contributed by atoms with Crippen LogP contribution in [0.3, 0.4) is 0 Å². The molecule has 3 rings (SSSR count). The fourth-order valence-electron chi connectivity index (χ4n) is 2.87. The number of carbonyl (C=O) groups is 1. The molecule has 1 aliphatic carbocycles. The Morgan fingerprint density at radius 2 is 2.00 bits per heavy atom. The first kappa shape index (κ1) is 14.7. The Labute approximate surface area is 128 Å². The van der Waals surface area contributed by atoms with Gasteiger partial charge < -0.3 is 14.9 Å². The van der Waals surface area contributed by atoms with Crippen molar-refractivity contribution < 1.29 is 14.4 Å². The molecule has 0 atom stereocenters. The third-order valence-corrected chi connectivity index (χ3v) is 4.16. The van der Waals surface area contributed by atoms with Crippen LogP contribution in [0.1, 0.15) is 41.9 Å². The monoisotopic (exact) mass is 301 g/mol. The van der Waals surface area contributed by atoms with E-state index in [1.807, 2.05) is 0 Å². The molecular weight excluding hydrogens is 282 g/mol. The van der Waals surface area contributed by atoms with E-state index in [-0.39, 0.29) is 12.5 Å². The zero-order valence-electron chi connectivity index (χ0n) is 12.5. The SMILES string of the molecule is Cc1noc(-c2ccc(C(=O)NC3(CO)CCCC3)cc2)n1. The molecule has 1 aromatic heterocycles. The molecule has 0 bridgehead atoms. The quantitative estimate of drug-likeness (QED) is 0.902. The summed E-state index contributed by atoms with van der Waals surface area (Å²) in [5.41, 5.74) is 0.869. The van der Waals surface area contributed by atoms with E-state index in [2.05, 4.69) is 15.5 Å². The second-order valence-corrected chi connectivity index (χ2v) is 5.82. The average molecular weight is 301 g/mol. The molecule has 116 valence electrons. The number of nitrogens with one attached hydrogen (secondary N) is 1. The van der Waals surface area contributed by atoms with E-state index in [4.69, 9.17) is 4.52 Å². The largest absolute Gasteiger partial charge is 0.394 e. The van der Waals surface area contributed by atoms with Gasteiger partial charge >= 0.3 is 0 Å². The number of benzene rings is 1. The van der Waals surface area contributed by atoms with Crippen LogP contribution in [0, 0.1) is 6.92 Å². The van der Waals surface area contributed by atoms with Crippen molar-refractivity contribution in [1.82, 2.24) is 15.5 Å². The van der Waals surface area contributed by atoms with Crippen molar-refractivity contribution in [2.24, 2.45) is 0 Å². The zero-order valence-corrected chi connectivity index (χ0v) is 12.5. The molecule has 0 unspecified atom stereocenters. The van der Waals surface area contributed by atoms with Gasteiger partial charge in [0.25, 0.3) is 11.8 Å². The van der Waals surface area contributed by atoms with E-state index < -0.39 is 5.54 Å². The number of aryl methyl sites for hydroxylation is 1. The highest BCUT2D eigenvalue weighted by atomic mass is 16.5. The van der Waals surface area contributed by atoms with Crippen molar-refractivity contribution in [3.8, 4) is 11.5 Å². The minimum absolute atomic E-state index is 0.0158. The highest BCUT2D eigenvalue weighted by Gasteiger charge is 2.34. The number of hydrogen-bond acceptors (Lipinski definition) is 5. The predicted molar refractivity (Wildman–Crippen MR) is 80.2 cm³/mol. The van der Waals surface area contributed by atoms with Gasteiger partial charge in [-0.25, -0.2) is 0 Å². The summed E-state index contributed by atoms with van der Waals surface area (Å²) < 4.78 is 5.10.